The van der Waals surface area contributed by atoms with E-state index in [0.717, 1.165) is 48.6 Å². The summed E-state index contributed by atoms with van der Waals surface area (Å²) < 4.78 is 10.6. The number of rotatable bonds is 7. The van der Waals surface area contributed by atoms with Crippen LogP contribution in [0.3, 0.4) is 0 Å². The smallest absolute Gasteiger partial charge is 0.224 e. The third kappa shape index (κ3) is 4.99. The molecule has 0 radical (unpaired) electrons. The van der Waals surface area contributed by atoms with Crippen molar-refractivity contribution in [1.82, 2.24) is 15.5 Å². The Kier molecular flexibility index (Phi) is 6.40. The number of aromatic amines is 1. The number of hydrogen-bond acceptors (Lipinski definition) is 5. The second-order valence-electron chi connectivity index (χ2n) is 7.70. The summed E-state index contributed by atoms with van der Waals surface area (Å²) >= 11 is 0. The average Bonchev–Trinajstić information content (AvgIpc) is 3.30. The molecule has 0 saturated carbocycles. The van der Waals surface area contributed by atoms with E-state index in [1.807, 2.05) is 36.4 Å². The molecule has 31 heavy (non-hydrogen) atoms. The first kappa shape index (κ1) is 20.8. The van der Waals surface area contributed by atoms with Gasteiger partial charge < -0.3 is 19.7 Å². The highest BCUT2D eigenvalue weighted by molar-refractivity contribution is 5.79. The Hall–Kier alpha value is -3.48. The van der Waals surface area contributed by atoms with E-state index in [4.69, 9.17) is 9.47 Å². The van der Waals surface area contributed by atoms with Crippen molar-refractivity contribution in [2.45, 2.75) is 25.3 Å². The van der Waals surface area contributed by atoms with Crippen LogP contribution in [-0.4, -0.2) is 49.5 Å². The van der Waals surface area contributed by atoms with Crippen molar-refractivity contribution in [2.24, 2.45) is 0 Å². The topological polar surface area (TPSA) is 79.5 Å². The highest BCUT2D eigenvalue weighted by Crippen LogP contribution is 2.28. The monoisotopic (exact) mass is 420 g/mol. The Morgan fingerprint density at radius 3 is 2.52 bits per heavy atom. The Bertz CT molecular complexity index is 1010. The molecule has 4 rings (SSSR count). The van der Waals surface area contributed by atoms with Gasteiger partial charge in [-0.2, -0.15) is 5.10 Å². The Morgan fingerprint density at radius 1 is 1.06 bits per heavy atom. The zero-order valence-electron chi connectivity index (χ0n) is 17.9. The van der Waals surface area contributed by atoms with Gasteiger partial charge in [-0.25, -0.2) is 0 Å². The zero-order chi connectivity index (χ0) is 21.6. The molecule has 2 N–H and O–H groups in total. The second-order valence-corrected chi connectivity index (χ2v) is 7.70. The fraction of sp³-hybridized carbons (Fsp3) is 0.333. The third-order valence-corrected chi connectivity index (χ3v) is 5.65. The van der Waals surface area contributed by atoms with Gasteiger partial charge in [0.1, 0.15) is 0 Å². The lowest BCUT2D eigenvalue weighted by atomic mass is 10.0. The molecule has 162 valence electrons. The van der Waals surface area contributed by atoms with E-state index in [9.17, 15) is 4.79 Å². The molecule has 2 heterocycles. The Labute approximate surface area is 182 Å². The molecule has 0 unspecified atom stereocenters. The molecule has 0 aliphatic carbocycles. The van der Waals surface area contributed by atoms with Gasteiger partial charge in [-0.3, -0.25) is 9.89 Å². The van der Waals surface area contributed by atoms with E-state index >= 15 is 0 Å². The van der Waals surface area contributed by atoms with E-state index in [2.05, 4.69) is 38.6 Å². The molecule has 1 saturated heterocycles. The minimum absolute atomic E-state index is 0.0248. The van der Waals surface area contributed by atoms with Crippen molar-refractivity contribution in [3.05, 3.63) is 60.2 Å². The number of nitrogens with one attached hydrogen (secondary N) is 2. The Morgan fingerprint density at radius 2 is 1.81 bits per heavy atom. The maximum atomic E-state index is 12.5. The van der Waals surface area contributed by atoms with Crippen molar-refractivity contribution in [3.8, 4) is 22.8 Å². The predicted octanol–water partition coefficient (Wildman–Crippen LogP) is 3.42. The molecular formula is C24H28N4O3. The van der Waals surface area contributed by atoms with Crippen molar-refractivity contribution in [2.75, 3.05) is 32.2 Å². The van der Waals surface area contributed by atoms with Crippen LogP contribution >= 0.6 is 0 Å². The van der Waals surface area contributed by atoms with Crippen molar-refractivity contribution < 1.29 is 14.3 Å². The molecule has 7 heteroatoms. The lowest BCUT2D eigenvalue weighted by Gasteiger charge is -2.32. The number of H-pyrrole nitrogens is 1. The summed E-state index contributed by atoms with van der Waals surface area (Å²) in [7, 11) is 3.19. The summed E-state index contributed by atoms with van der Waals surface area (Å²) in [6.45, 7) is 1.72. The maximum absolute atomic E-state index is 12.5. The van der Waals surface area contributed by atoms with Gasteiger partial charge in [0.05, 0.1) is 26.3 Å². The molecule has 1 fully saturated rings. The molecule has 1 aliphatic rings. The first-order valence-electron chi connectivity index (χ1n) is 10.5. The van der Waals surface area contributed by atoms with E-state index in [-0.39, 0.29) is 11.9 Å². The van der Waals surface area contributed by atoms with Gasteiger partial charge in [0.2, 0.25) is 5.91 Å². The van der Waals surface area contributed by atoms with Crippen LogP contribution in [0.5, 0.6) is 11.5 Å². The summed E-state index contributed by atoms with van der Waals surface area (Å²) in [5.74, 6) is 2.27. The van der Waals surface area contributed by atoms with Gasteiger partial charge in [0, 0.05) is 25.2 Å². The van der Waals surface area contributed by atoms with Crippen LogP contribution in [0.2, 0.25) is 0 Å². The van der Waals surface area contributed by atoms with Gasteiger partial charge >= 0.3 is 0 Å². The van der Waals surface area contributed by atoms with Crippen LogP contribution in [-0.2, 0) is 11.2 Å². The van der Waals surface area contributed by atoms with Crippen LogP contribution in [0.25, 0.3) is 11.3 Å². The van der Waals surface area contributed by atoms with Crippen LogP contribution in [0.15, 0.2) is 54.6 Å². The zero-order valence-corrected chi connectivity index (χ0v) is 17.9. The number of carbonyl (C=O) groups is 1. The van der Waals surface area contributed by atoms with Gasteiger partial charge in [0.25, 0.3) is 0 Å². The molecule has 0 atom stereocenters. The number of carbonyl (C=O) groups excluding carboxylic acids is 1. The molecule has 1 aliphatic heterocycles. The third-order valence-electron chi connectivity index (χ3n) is 5.65. The van der Waals surface area contributed by atoms with Gasteiger partial charge in [-0.15, -0.1) is 0 Å². The summed E-state index contributed by atoms with van der Waals surface area (Å²) in [6, 6.07) is 18.0. The first-order chi connectivity index (χ1) is 15.2. The highest BCUT2D eigenvalue weighted by Gasteiger charge is 2.22. The number of benzene rings is 2. The molecular weight excluding hydrogens is 392 g/mol. The van der Waals surface area contributed by atoms with Crippen molar-refractivity contribution in [1.29, 1.82) is 0 Å². The minimum atomic E-state index is 0.0248. The summed E-state index contributed by atoms with van der Waals surface area (Å²) in [5.41, 5.74) is 3.04. The van der Waals surface area contributed by atoms with Crippen molar-refractivity contribution >= 4 is 11.7 Å². The lowest BCUT2D eigenvalue weighted by molar-refractivity contribution is -0.121. The van der Waals surface area contributed by atoms with Crippen LogP contribution < -0.4 is 19.7 Å². The first-order valence-corrected chi connectivity index (χ1v) is 10.5. The van der Waals surface area contributed by atoms with Gasteiger partial charge in [-0.1, -0.05) is 36.4 Å². The number of methoxy groups -OCH3 is 2. The maximum Gasteiger partial charge on any atom is 0.224 e. The Balaban J connectivity index is 1.28. The quantitative estimate of drug-likeness (QED) is 0.612. The number of amides is 1. The number of aromatic nitrogens is 2. The molecule has 3 aromatic rings. The number of nitrogens with zero attached hydrogens (tertiary/aromatic N) is 2. The molecule has 1 amide bonds. The molecule has 2 aromatic carbocycles. The van der Waals surface area contributed by atoms with E-state index in [1.165, 1.54) is 0 Å². The normalized spacial score (nSPS) is 14.3. The van der Waals surface area contributed by atoms with Crippen molar-refractivity contribution in [3.63, 3.8) is 0 Å². The van der Waals surface area contributed by atoms with E-state index < -0.39 is 0 Å². The molecule has 7 nitrogen and oxygen atoms in total. The number of ether oxygens (including phenoxy) is 2. The number of anilines is 1. The van der Waals surface area contributed by atoms with Crippen LogP contribution in [0.4, 0.5) is 5.82 Å². The van der Waals surface area contributed by atoms with Crippen LogP contribution in [0.1, 0.15) is 18.4 Å². The molecule has 1 aromatic heterocycles. The fourth-order valence-electron chi connectivity index (χ4n) is 3.95. The van der Waals surface area contributed by atoms with Gasteiger partial charge in [0.15, 0.2) is 17.3 Å². The highest BCUT2D eigenvalue weighted by atomic mass is 16.5. The second kappa shape index (κ2) is 9.55. The summed E-state index contributed by atoms with van der Waals surface area (Å²) in [6.07, 6.45) is 2.11. The minimum Gasteiger partial charge on any atom is -0.493 e. The standard InChI is InChI=1S/C24H28N4O3/c1-30-21-9-8-17(14-22(21)31-2)15-24(29)25-19-10-12-28(13-11-19)23-16-20(26-27-23)18-6-4-3-5-7-18/h3-9,14,16,19H,10-13,15H2,1-2H3,(H,25,29)(H,26,27). The van der Waals surface area contributed by atoms with E-state index in [1.54, 1.807) is 14.2 Å². The average molecular weight is 421 g/mol. The number of piperidine rings is 1. The lowest BCUT2D eigenvalue weighted by Crippen LogP contribution is -2.45. The largest absolute Gasteiger partial charge is 0.493 e. The summed E-state index contributed by atoms with van der Waals surface area (Å²) in [4.78, 5) is 14.8. The fourth-order valence-corrected chi connectivity index (χ4v) is 3.95. The molecule has 0 bridgehead atoms. The SMILES string of the molecule is COc1ccc(CC(=O)NC2CCN(c3cc(-c4ccccc4)[nH]n3)CC2)cc1OC. The molecule has 0 spiro atoms. The predicted molar refractivity (Wildman–Crippen MR) is 121 cm³/mol. The number of hydrogen-bond donors (Lipinski definition) is 2. The van der Waals surface area contributed by atoms with Crippen LogP contribution in [0, 0.1) is 0 Å². The van der Waals surface area contributed by atoms with Gasteiger partial charge in [-0.05, 0) is 36.1 Å². The summed E-state index contributed by atoms with van der Waals surface area (Å²) in [5, 5.41) is 10.8. The van der Waals surface area contributed by atoms with E-state index in [0.29, 0.717) is 17.9 Å².